The van der Waals surface area contributed by atoms with Gasteiger partial charge in [0.2, 0.25) is 0 Å². The molecular weight excluding hydrogens is 349 g/mol. The van der Waals surface area contributed by atoms with E-state index < -0.39 is 5.60 Å². The van der Waals surface area contributed by atoms with Gasteiger partial charge in [0.1, 0.15) is 5.60 Å². The third-order valence-corrected chi connectivity index (χ3v) is 2.71. The molecule has 0 aromatic carbocycles. The number of hydrogen-bond donors (Lipinski definition) is 0. The molecule has 2 aliphatic rings. The van der Waals surface area contributed by atoms with Crippen molar-refractivity contribution in [2.45, 2.75) is 24.7 Å². The summed E-state index contributed by atoms with van der Waals surface area (Å²) < 4.78 is 25.8. The van der Waals surface area contributed by atoms with Crippen LogP contribution in [0, 0.1) is 6.61 Å². The molecule has 2 rings (SSSR count). The summed E-state index contributed by atoms with van der Waals surface area (Å²) in [5, 5.41) is 0. The molecule has 0 aromatic heterocycles. The van der Waals surface area contributed by atoms with Gasteiger partial charge in [-0.25, -0.2) is 0 Å². The van der Waals surface area contributed by atoms with Gasteiger partial charge in [0, 0.05) is 27.9 Å². The second-order valence-corrected chi connectivity index (χ2v) is 3.76. The summed E-state index contributed by atoms with van der Waals surface area (Å²) in [7, 11) is 5.00. The molecule has 0 N–H and O–H groups in total. The summed E-state index contributed by atoms with van der Waals surface area (Å²) in [6.45, 7) is 5.54. The van der Waals surface area contributed by atoms with Gasteiger partial charge >= 0.3 is 48.9 Å². The van der Waals surface area contributed by atoms with Gasteiger partial charge in [-0.3, -0.25) is 0 Å². The minimum atomic E-state index is -0.395. The van der Waals surface area contributed by atoms with Crippen LogP contribution >= 0.6 is 0 Å². The predicted octanol–water partition coefficient (Wildman–Crippen LogP) is 0.362. The molecule has 6 heteroatoms. The van der Waals surface area contributed by atoms with E-state index in [4.69, 9.17) is 18.9 Å². The van der Waals surface area contributed by atoms with E-state index in [1.54, 1.807) is 27.9 Å². The monoisotopic (exact) mass is 372 g/mol. The van der Waals surface area contributed by atoms with Gasteiger partial charge in [-0.15, -0.1) is 0 Å². The number of fused-ring (bicyclic) bond motifs is 2. The molecule has 0 aliphatic carbocycles. The van der Waals surface area contributed by atoms with Crippen molar-refractivity contribution in [1.82, 2.24) is 0 Å². The molecule has 2 fully saturated rings. The fourth-order valence-corrected chi connectivity index (χ4v) is 1.87. The molecule has 0 radical (unpaired) electrons. The smallest absolute Gasteiger partial charge is 1.00 e. The Morgan fingerprint density at radius 3 is 2.35 bits per heavy atom. The van der Waals surface area contributed by atoms with Crippen molar-refractivity contribution in [2.75, 3.05) is 41.2 Å². The van der Waals surface area contributed by atoms with Gasteiger partial charge in [-0.1, -0.05) is 0 Å². The molecule has 3 atom stereocenters. The molecule has 0 saturated carbocycles. The Bertz CT molecular complexity index is 198. The van der Waals surface area contributed by atoms with Gasteiger partial charge < -0.3 is 25.1 Å². The van der Waals surface area contributed by atoms with E-state index in [1.807, 2.05) is 6.92 Å². The van der Waals surface area contributed by atoms with Crippen LogP contribution in [0.4, 0.5) is 0 Å². The average Bonchev–Trinajstić information content (AvgIpc) is 2.83. The third kappa shape index (κ3) is 4.45. The number of ether oxygens (including phenoxy) is 5. The van der Waals surface area contributed by atoms with Gasteiger partial charge in [-0.2, -0.15) is 6.61 Å². The predicted molar refractivity (Wildman–Crippen MR) is 64.9 cm³/mol. The normalized spacial score (nSPS) is 33.9. The Labute approximate surface area is 145 Å². The van der Waals surface area contributed by atoms with Crippen molar-refractivity contribution in [1.29, 1.82) is 0 Å². The van der Waals surface area contributed by atoms with E-state index in [0.29, 0.717) is 13.2 Å². The maximum atomic E-state index is 5.48. The van der Waals surface area contributed by atoms with Crippen LogP contribution in [-0.4, -0.2) is 108 Å². The first-order chi connectivity index (χ1) is 7.74. The molecule has 1 unspecified atom stereocenters. The van der Waals surface area contributed by atoms with E-state index in [-0.39, 0.29) is 62.5 Å². The van der Waals surface area contributed by atoms with E-state index >= 15 is 0 Å². The molecule has 2 saturated heterocycles. The summed E-state index contributed by atoms with van der Waals surface area (Å²) in [6, 6.07) is 0. The molecule has 98 valence electrons. The molecule has 5 nitrogen and oxygen atoms in total. The van der Waals surface area contributed by atoms with Crippen LogP contribution in [0.15, 0.2) is 0 Å². The van der Waals surface area contributed by atoms with Crippen molar-refractivity contribution in [2.24, 2.45) is 0 Å². The van der Waals surface area contributed by atoms with Crippen LogP contribution in [0.25, 0.3) is 0 Å². The quantitative estimate of drug-likeness (QED) is 0.528. The maximum absolute atomic E-state index is 5.48. The van der Waals surface area contributed by atoms with Crippen LogP contribution in [0.3, 0.4) is 0 Å². The molecule has 17 heavy (non-hydrogen) atoms. The summed E-state index contributed by atoms with van der Waals surface area (Å²) in [4.78, 5) is 0. The number of hydrogen-bond acceptors (Lipinski definition) is 5. The largest absolute Gasteiger partial charge is 2.00 e. The maximum Gasteiger partial charge on any atom is 2.00 e. The molecule has 0 amide bonds. The zero-order valence-corrected chi connectivity index (χ0v) is 15.5. The first-order valence-electron chi connectivity index (χ1n) is 5.37. The minimum absolute atomic E-state index is 0. The Hall–Kier alpha value is 1.37. The topological polar surface area (TPSA) is 46.2 Å². The van der Waals surface area contributed by atoms with E-state index in [0.717, 1.165) is 6.61 Å². The van der Waals surface area contributed by atoms with Crippen LogP contribution in [0.2, 0.25) is 0 Å². The van der Waals surface area contributed by atoms with E-state index in [2.05, 4.69) is 4.74 Å². The molecule has 2 heterocycles. The summed E-state index contributed by atoms with van der Waals surface area (Å²) in [5.41, 5.74) is -0.395. The first kappa shape index (κ1) is 18.4. The van der Waals surface area contributed by atoms with Crippen molar-refractivity contribution < 1.29 is 25.1 Å². The standard InChI is InChI=1S/C8H13O4.C3H8O.Ba.H/c1-9-4-8-5-11-6(3-12-8)7(8)10-2;1-3-4-2;;/h3,6-7H,4-5H2,1-2H3;3H2,1-2H3;;/q-1;;+2;-1/t6?,7-,8+;;;/m1.../s1. The molecule has 0 spiro atoms. The first-order valence-corrected chi connectivity index (χ1v) is 5.37. The average molecular weight is 372 g/mol. The molecule has 0 aromatic rings. The molecule has 2 aliphatic heterocycles. The molecular formula is C11H22BaO5. The van der Waals surface area contributed by atoms with E-state index in [9.17, 15) is 0 Å². The fourth-order valence-electron chi connectivity index (χ4n) is 1.87. The van der Waals surface area contributed by atoms with Crippen molar-refractivity contribution >= 4 is 48.9 Å². The Kier molecular flexibility index (Phi) is 10.1. The fraction of sp³-hybridized carbons (Fsp3) is 0.909. The number of methoxy groups -OCH3 is 3. The summed E-state index contributed by atoms with van der Waals surface area (Å²) >= 11 is 0. The van der Waals surface area contributed by atoms with Gasteiger partial charge in [0.05, 0.1) is 19.3 Å². The summed E-state index contributed by atoms with van der Waals surface area (Å²) in [5.74, 6) is 0. The van der Waals surface area contributed by atoms with Gasteiger partial charge in [0.15, 0.2) is 0 Å². The van der Waals surface area contributed by atoms with Crippen LogP contribution in [0.5, 0.6) is 0 Å². The van der Waals surface area contributed by atoms with Crippen LogP contribution in [0.1, 0.15) is 8.35 Å². The second kappa shape index (κ2) is 9.30. The van der Waals surface area contributed by atoms with Gasteiger partial charge in [-0.05, 0) is 13.0 Å². The summed E-state index contributed by atoms with van der Waals surface area (Å²) in [6.07, 6.45) is -0.0393. The zero-order valence-electron chi connectivity index (χ0n) is 12.1. The Morgan fingerprint density at radius 1 is 1.35 bits per heavy atom. The van der Waals surface area contributed by atoms with Crippen LogP contribution < -0.4 is 0 Å². The van der Waals surface area contributed by atoms with Crippen LogP contribution in [-0.2, 0) is 23.7 Å². The van der Waals surface area contributed by atoms with Crippen molar-refractivity contribution in [3.05, 3.63) is 6.61 Å². The molecule has 2 bridgehead atoms. The SMILES string of the molecule is CCOC.COC[C@@]12COC([CH-]O1)[C@H]2OC.[Ba+2].[H-]. The third-order valence-electron chi connectivity index (χ3n) is 2.71. The number of rotatable bonds is 4. The second-order valence-electron chi connectivity index (χ2n) is 3.76. The van der Waals surface area contributed by atoms with Crippen molar-refractivity contribution in [3.8, 4) is 0 Å². The Balaban J connectivity index is 0. The zero-order chi connectivity index (χ0) is 12.0. The Morgan fingerprint density at radius 2 is 2.00 bits per heavy atom. The van der Waals surface area contributed by atoms with Gasteiger partial charge in [0.25, 0.3) is 0 Å². The minimum Gasteiger partial charge on any atom is -1.00 e. The van der Waals surface area contributed by atoms with E-state index in [1.165, 1.54) is 0 Å². The van der Waals surface area contributed by atoms with Crippen molar-refractivity contribution in [3.63, 3.8) is 0 Å².